The van der Waals surface area contributed by atoms with E-state index in [2.05, 4.69) is 34.2 Å². The van der Waals surface area contributed by atoms with Crippen molar-refractivity contribution in [3.8, 4) is 0 Å². The van der Waals surface area contributed by atoms with Crippen LogP contribution in [0.5, 0.6) is 0 Å². The summed E-state index contributed by atoms with van der Waals surface area (Å²) < 4.78 is 1.10. The summed E-state index contributed by atoms with van der Waals surface area (Å²) in [5.74, 6) is 0.776. The molecule has 100 valence electrons. The Morgan fingerprint density at radius 1 is 1.28 bits per heavy atom. The third-order valence-corrected chi connectivity index (χ3v) is 4.79. The molecule has 0 aromatic heterocycles. The zero-order valence-electron chi connectivity index (χ0n) is 10.9. The molecule has 0 bridgehead atoms. The molecule has 0 saturated heterocycles. The van der Waals surface area contributed by atoms with Gasteiger partial charge in [0, 0.05) is 22.1 Å². The van der Waals surface area contributed by atoms with Gasteiger partial charge in [-0.3, -0.25) is 0 Å². The van der Waals surface area contributed by atoms with E-state index in [1.165, 1.54) is 37.7 Å². The second-order valence-corrected chi connectivity index (χ2v) is 6.66. The highest BCUT2D eigenvalue weighted by Crippen LogP contribution is 2.25. The molecule has 0 heterocycles. The van der Waals surface area contributed by atoms with Crippen molar-refractivity contribution in [1.82, 2.24) is 5.32 Å². The molecule has 1 aliphatic rings. The molecule has 3 heteroatoms. The zero-order chi connectivity index (χ0) is 13.0. The van der Waals surface area contributed by atoms with Gasteiger partial charge in [-0.2, -0.15) is 0 Å². The van der Waals surface area contributed by atoms with E-state index in [4.69, 9.17) is 11.6 Å². The van der Waals surface area contributed by atoms with Crippen molar-refractivity contribution < 1.29 is 0 Å². The standard InChI is InChI=1S/C15H21BrClN/c1-11-5-3-2-4-6-15(11)18-10-12-9-13(16)7-8-14(12)17/h7-9,11,15,18H,2-6,10H2,1H3. The molecule has 1 fully saturated rings. The molecule has 0 spiro atoms. The Balaban J connectivity index is 1.95. The molecule has 1 aromatic carbocycles. The van der Waals surface area contributed by atoms with Gasteiger partial charge >= 0.3 is 0 Å². The molecule has 18 heavy (non-hydrogen) atoms. The quantitative estimate of drug-likeness (QED) is 0.755. The van der Waals surface area contributed by atoms with Crippen LogP contribution >= 0.6 is 27.5 Å². The first-order valence-electron chi connectivity index (χ1n) is 6.84. The van der Waals surface area contributed by atoms with Crippen molar-refractivity contribution in [3.05, 3.63) is 33.3 Å². The van der Waals surface area contributed by atoms with Crippen LogP contribution in [0, 0.1) is 5.92 Å². The number of hydrogen-bond donors (Lipinski definition) is 1. The van der Waals surface area contributed by atoms with Gasteiger partial charge in [0.1, 0.15) is 0 Å². The van der Waals surface area contributed by atoms with Gasteiger partial charge in [0.05, 0.1) is 0 Å². The molecule has 0 amide bonds. The highest BCUT2D eigenvalue weighted by molar-refractivity contribution is 9.10. The number of rotatable bonds is 3. The lowest BCUT2D eigenvalue weighted by molar-refractivity contribution is 0.356. The molecule has 1 saturated carbocycles. The third-order valence-electron chi connectivity index (χ3n) is 3.92. The number of benzene rings is 1. The Labute approximate surface area is 123 Å². The summed E-state index contributed by atoms with van der Waals surface area (Å²) in [5, 5.41) is 4.54. The summed E-state index contributed by atoms with van der Waals surface area (Å²) in [5.41, 5.74) is 1.18. The van der Waals surface area contributed by atoms with Crippen molar-refractivity contribution in [3.63, 3.8) is 0 Å². The molecule has 0 radical (unpaired) electrons. The maximum Gasteiger partial charge on any atom is 0.0451 e. The van der Waals surface area contributed by atoms with Crippen molar-refractivity contribution in [2.75, 3.05) is 0 Å². The second-order valence-electron chi connectivity index (χ2n) is 5.34. The molecular formula is C15H21BrClN. The van der Waals surface area contributed by atoms with E-state index in [1.54, 1.807) is 0 Å². The van der Waals surface area contributed by atoms with Crippen LogP contribution in [-0.2, 0) is 6.54 Å². The largest absolute Gasteiger partial charge is 0.310 e. The lowest BCUT2D eigenvalue weighted by atomic mass is 9.97. The minimum Gasteiger partial charge on any atom is -0.310 e. The van der Waals surface area contributed by atoms with E-state index < -0.39 is 0 Å². The van der Waals surface area contributed by atoms with Gasteiger partial charge in [0.2, 0.25) is 0 Å². The molecule has 1 N–H and O–H groups in total. The van der Waals surface area contributed by atoms with Crippen LogP contribution in [0.25, 0.3) is 0 Å². The Hall–Kier alpha value is -0.0500. The van der Waals surface area contributed by atoms with Gasteiger partial charge < -0.3 is 5.32 Å². The molecule has 1 aliphatic carbocycles. The summed E-state index contributed by atoms with van der Waals surface area (Å²) >= 11 is 9.72. The van der Waals surface area contributed by atoms with Crippen molar-refractivity contribution >= 4 is 27.5 Å². The minimum absolute atomic E-state index is 0.641. The van der Waals surface area contributed by atoms with Gasteiger partial charge in [-0.1, -0.05) is 53.7 Å². The Morgan fingerprint density at radius 3 is 2.89 bits per heavy atom. The summed E-state index contributed by atoms with van der Waals surface area (Å²) in [6.07, 6.45) is 6.78. The second kappa shape index (κ2) is 6.93. The number of hydrogen-bond acceptors (Lipinski definition) is 1. The molecule has 2 rings (SSSR count). The van der Waals surface area contributed by atoms with Gasteiger partial charge in [0.15, 0.2) is 0 Å². The van der Waals surface area contributed by atoms with E-state index in [0.29, 0.717) is 6.04 Å². The van der Waals surface area contributed by atoms with Gasteiger partial charge in [-0.15, -0.1) is 0 Å². The van der Waals surface area contributed by atoms with Crippen LogP contribution in [0.1, 0.15) is 44.6 Å². The lowest BCUT2D eigenvalue weighted by Gasteiger charge is -2.23. The highest BCUT2D eigenvalue weighted by Gasteiger charge is 2.19. The van der Waals surface area contributed by atoms with Crippen LogP contribution in [-0.4, -0.2) is 6.04 Å². The molecule has 0 aliphatic heterocycles. The average molecular weight is 331 g/mol. The molecule has 2 unspecified atom stereocenters. The minimum atomic E-state index is 0.641. The third kappa shape index (κ3) is 3.97. The summed E-state index contributed by atoms with van der Waals surface area (Å²) in [6, 6.07) is 6.69. The van der Waals surface area contributed by atoms with Crippen molar-refractivity contribution in [1.29, 1.82) is 0 Å². The van der Waals surface area contributed by atoms with Gasteiger partial charge in [-0.25, -0.2) is 0 Å². The Kier molecular flexibility index (Phi) is 5.53. The van der Waals surface area contributed by atoms with E-state index >= 15 is 0 Å². The van der Waals surface area contributed by atoms with E-state index in [-0.39, 0.29) is 0 Å². The van der Waals surface area contributed by atoms with Crippen molar-refractivity contribution in [2.24, 2.45) is 5.92 Å². The molecule has 2 atom stereocenters. The topological polar surface area (TPSA) is 12.0 Å². The predicted octanol–water partition coefficient (Wildman–Crippen LogP) is 5.16. The van der Waals surface area contributed by atoms with Crippen LogP contribution in [0.15, 0.2) is 22.7 Å². The fraction of sp³-hybridized carbons (Fsp3) is 0.600. The van der Waals surface area contributed by atoms with E-state index in [9.17, 15) is 0 Å². The smallest absolute Gasteiger partial charge is 0.0451 e. The van der Waals surface area contributed by atoms with Crippen LogP contribution in [0.2, 0.25) is 5.02 Å². The van der Waals surface area contributed by atoms with Gasteiger partial charge in [0.25, 0.3) is 0 Å². The molecular weight excluding hydrogens is 310 g/mol. The maximum absolute atomic E-state index is 6.22. The Morgan fingerprint density at radius 2 is 2.06 bits per heavy atom. The fourth-order valence-corrected chi connectivity index (χ4v) is 3.31. The highest BCUT2D eigenvalue weighted by atomic mass is 79.9. The fourth-order valence-electron chi connectivity index (χ4n) is 2.72. The first kappa shape index (κ1) is 14.4. The number of halogens is 2. The van der Waals surface area contributed by atoms with Crippen LogP contribution in [0.3, 0.4) is 0 Å². The Bertz CT molecular complexity index is 394. The van der Waals surface area contributed by atoms with E-state index in [1.807, 2.05) is 12.1 Å². The lowest BCUT2D eigenvalue weighted by Crippen LogP contribution is -2.33. The SMILES string of the molecule is CC1CCCCCC1NCc1cc(Br)ccc1Cl. The molecule has 1 nitrogen and oxygen atoms in total. The van der Waals surface area contributed by atoms with Crippen molar-refractivity contribution in [2.45, 2.75) is 51.6 Å². The van der Waals surface area contributed by atoms with Crippen LogP contribution in [0.4, 0.5) is 0 Å². The van der Waals surface area contributed by atoms with Crippen LogP contribution < -0.4 is 5.32 Å². The first-order valence-corrected chi connectivity index (χ1v) is 8.01. The number of nitrogens with one attached hydrogen (secondary N) is 1. The van der Waals surface area contributed by atoms with Gasteiger partial charge in [-0.05, 0) is 42.5 Å². The normalized spacial score (nSPS) is 24.8. The average Bonchev–Trinajstić information content (AvgIpc) is 2.55. The molecule has 1 aromatic rings. The summed E-state index contributed by atoms with van der Waals surface area (Å²) in [6.45, 7) is 3.23. The summed E-state index contributed by atoms with van der Waals surface area (Å²) in [4.78, 5) is 0. The van der Waals surface area contributed by atoms with E-state index in [0.717, 1.165) is 22.0 Å². The predicted molar refractivity (Wildman–Crippen MR) is 82.0 cm³/mol. The zero-order valence-corrected chi connectivity index (χ0v) is 13.2. The monoisotopic (exact) mass is 329 g/mol. The maximum atomic E-state index is 6.22. The summed E-state index contributed by atoms with van der Waals surface area (Å²) in [7, 11) is 0. The first-order chi connectivity index (χ1) is 8.66.